The van der Waals surface area contributed by atoms with E-state index in [4.69, 9.17) is 4.74 Å². The molecule has 0 saturated heterocycles. The Labute approximate surface area is 263 Å². The molecule has 0 aromatic carbocycles. The molecule has 0 aromatic rings. The van der Waals surface area contributed by atoms with Crippen LogP contribution in [-0.2, 0) is 9.53 Å². The molecular weight excluding hydrogens is 528 g/mol. The Balaban J connectivity index is 0.962. The molecule has 43 heavy (non-hydrogen) atoms. The quantitative estimate of drug-likeness (QED) is 0.332. The number of rotatable bonds is 3. The maximum Gasteiger partial charge on any atom is 0.309 e. The van der Waals surface area contributed by atoms with E-state index in [0.717, 1.165) is 42.9 Å². The highest BCUT2D eigenvalue weighted by Gasteiger charge is 2.68. The van der Waals surface area contributed by atoms with Crippen LogP contribution >= 0.6 is 0 Å². The maximum absolute atomic E-state index is 14.0. The van der Waals surface area contributed by atoms with Crippen molar-refractivity contribution in [1.82, 2.24) is 0 Å². The summed E-state index contributed by atoms with van der Waals surface area (Å²) in [5.41, 5.74) is 1.57. The monoisotopic (exact) mass is 592 g/mol. The summed E-state index contributed by atoms with van der Waals surface area (Å²) in [6.45, 7) is 15.7. The summed E-state index contributed by atoms with van der Waals surface area (Å²) in [7, 11) is 0. The van der Waals surface area contributed by atoms with Crippen molar-refractivity contribution in [2.24, 2.45) is 73.9 Å². The van der Waals surface area contributed by atoms with Crippen LogP contribution in [0.15, 0.2) is 0 Å². The molecule has 0 aromatic heterocycles. The Bertz CT molecular complexity index is 1160. The molecule has 8 aliphatic carbocycles. The van der Waals surface area contributed by atoms with E-state index in [9.17, 15) is 9.90 Å². The van der Waals surface area contributed by atoms with Crippen LogP contribution in [0.4, 0.5) is 0 Å². The predicted molar refractivity (Wildman–Crippen MR) is 172 cm³/mol. The molecule has 0 aliphatic heterocycles. The largest absolute Gasteiger partial charge is 0.462 e. The first-order valence-electron chi connectivity index (χ1n) is 19.1. The van der Waals surface area contributed by atoms with Crippen LogP contribution in [0.1, 0.15) is 157 Å². The van der Waals surface area contributed by atoms with E-state index in [2.05, 4.69) is 41.5 Å². The lowest BCUT2D eigenvalue weighted by molar-refractivity contribution is -0.161. The number of aliphatic hydroxyl groups is 1. The summed E-state index contributed by atoms with van der Waals surface area (Å²) in [5, 5.41) is 12.3. The third kappa shape index (κ3) is 4.03. The fourth-order valence-electron chi connectivity index (χ4n) is 16.5. The second-order valence-corrected chi connectivity index (χ2v) is 20.4. The molecule has 0 unspecified atom stereocenters. The molecule has 8 rings (SSSR count). The van der Waals surface area contributed by atoms with Crippen molar-refractivity contribution in [3.8, 4) is 0 Å². The summed E-state index contributed by atoms with van der Waals surface area (Å²) in [6, 6.07) is 0. The molecule has 1 N–H and O–H groups in total. The average molecular weight is 593 g/mol. The van der Waals surface area contributed by atoms with Gasteiger partial charge in [-0.3, -0.25) is 4.79 Å². The highest BCUT2D eigenvalue weighted by Crippen LogP contribution is 2.74. The van der Waals surface area contributed by atoms with Crippen molar-refractivity contribution < 1.29 is 14.6 Å². The number of carbonyl (C=O) groups is 1. The first-order valence-corrected chi connectivity index (χ1v) is 19.1. The fraction of sp³-hybridized carbons (Fsp3) is 0.975. The zero-order valence-corrected chi connectivity index (χ0v) is 28.7. The van der Waals surface area contributed by atoms with Crippen molar-refractivity contribution in [2.45, 2.75) is 163 Å². The van der Waals surface area contributed by atoms with Gasteiger partial charge < -0.3 is 9.84 Å². The van der Waals surface area contributed by atoms with Gasteiger partial charge in [0.15, 0.2) is 0 Å². The Kier molecular flexibility index (Phi) is 6.43. The van der Waals surface area contributed by atoms with Gasteiger partial charge in [-0.15, -0.1) is 0 Å². The summed E-state index contributed by atoms with van der Waals surface area (Å²) in [5.74, 6) is 4.09. The number of fused-ring (bicyclic) bond motifs is 6. The number of carbonyl (C=O) groups excluding carboxylic acids is 1. The van der Waals surface area contributed by atoms with Crippen LogP contribution in [0.2, 0.25) is 0 Å². The topological polar surface area (TPSA) is 46.5 Å². The molecule has 2 spiro atoms. The molecular formula is C40H64O3. The van der Waals surface area contributed by atoms with Crippen LogP contribution in [0.25, 0.3) is 0 Å². The van der Waals surface area contributed by atoms with Gasteiger partial charge in [0.1, 0.15) is 12.2 Å². The number of ether oxygens (including phenoxy) is 1. The number of esters is 1. The second kappa shape index (κ2) is 9.28. The van der Waals surface area contributed by atoms with Gasteiger partial charge in [0, 0.05) is 0 Å². The number of hydrogen-bond donors (Lipinski definition) is 1. The van der Waals surface area contributed by atoms with Crippen LogP contribution in [0, 0.1) is 73.9 Å². The molecule has 3 nitrogen and oxygen atoms in total. The van der Waals surface area contributed by atoms with Gasteiger partial charge in [0.2, 0.25) is 0 Å². The van der Waals surface area contributed by atoms with Crippen LogP contribution < -0.4 is 0 Å². The van der Waals surface area contributed by atoms with E-state index in [1.54, 1.807) is 0 Å². The Hall–Kier alpha value is -0.570. The highest BCUT2D eigenvalue weighted by molar-refractivity contribution is 5.73. The van der Waals surface area contributed by atoms with Gasteiger partial charge in [0.05, 0.1) is 5.92 Å². The van der Waals surface area contributed by atoms with E-state index in [0.29, 0.717) is 38.9 Å². The lowest BCUT2D eigenvalue weighted by Gasteiger charge is -2.64. The van der Waals surface area contributed by atoms with Crippen molar-refractivity contribution in [2.75, 3.05) is 6.61 Å². The van der Waals surface area contributed by atoms with E-state index >= 15 is 0 Å². The third-order valence-corrected chi connectivity index (χ3v) is 17.8. The zero-order valence-electron chi connectivity index (χ0n) is 28.7. The summed E-state index contributed by atoms with van der Waals surface area (Å²) in [4.78, 5) is 14.0. The minimum absolute atomic E-state index is 0.0485. The highest BCUT2D eigenvalue weighted by atomic mass is 16.5. The lowest BCUT2D eigenvalue weighted by Crippen LogP contribution is -2.55. The second-order valence-electron chi connectivity index (χ2n) is 20.4. The van der Waals surface area contributed by atoms with E-state index in [1.165, 1.54) is 96.3 Å². The Morgan fingerprint density at radius 1 is 0.651 bits per heavy atom. The molecule has 8 saturated carbocycles. The SMILES string of the molecule is CC1(C)CCC[C@@]2(C)[C@@H]1CC[C@]13C[C@H](CC[C@H]12)[C@@H](C(=O)OC[C@@]1(O)C[C@]24CC[C@@H]5C(C)(C)CCC[C@]5(C)[C@@H]2CC[C@H]1C4)C3. The molecule has 12 atom stereocenters. The maximum atomic E-state index is 14.0. The van der Waals surface area contributed by atoms with E-state index in [-0.39, 0.29) is 23.9 Å². The molecule has 8 aliphatic rings. The molecule has 4 bridgehead atoms. The first-order chi connectivity index (χ1) is 20.2. The smallest absolute Gasteiger partial charge is 0.309 e. The molecule has 3 heteroatoms. The molecule has 242 valence electrons. The standard InChI is InChI=1S/C40H64O3/c1-34(2)15-7-17-36(5)29(34)13-19-38-21-26(9-11-31(36)38)28(23-38)33(41)43-25-40(42)24-39-20-14-30-35(3,4)16-8-18-37(30,6)32(39)12-10-27(40)22-39/h26-32,42H,7-25H2,1-6H3/t26-,27-,28-,29+,30+,31-,32-,36-,37-,38+,39+,40-/m0/s1. The summed E-state index contributed by atoms with van der Waals surface area (Å²) >= 11 is 0. The molecule has 0 amide bonds. The molecule has 8 fully saturated rings. The molecule has 0 heterocycles. The van der Waals surface area contributed by atoms with Crippen molar-refractivity contribution in [1.29, 1.82) is 0 Å². The van der Waals surface area contributed by atoms with Crippen molar-refractivity contribution >= 4 is 5.97 Å². The summed E-state index contributed by atoms with van der Waals surface area (Å²) in [6.07, 6.45) is 22.8. The van der Waals surface area contributed by atoms with Crippen molar-refractivity contribution in [3.05, 3.63) is 0 Å². The minimum atomic E-state index is -0.814. The normalized spacial score (nSPS) is 55.8. The van der Waals surface area contributed by atoms with Crippen LogP contribution in [0.5, 0.6) is 0 Å². The fourth-order valence-corrected chi connectivity index (χ4v) is 16.5. The number of hydrogen-bond acceptors (Lipinski definition) is 3. The summed E-state index contributed by atoms with van der Waals surface area (Å²) < 4.78 is 6.32. The van der Waals surface area contributed by atoms with E-state index < -0.39 is 5.60 Å². The Morgan fingerprint density at radius 3 is 1.88 bits per heavy atom. The molecule has 0 radical (unpaired) electrons. The van der Waals surface area contributed by atoms with Gasteiger partial charge in [-0.25, -0.2) is 0 Å². The average Bonchev–Trinajstić information content (AvgIpc) is 3.31. The Morgan fingerprint density at radius 2 is 1.23 bits per heavy atom. The van der Waals surface area contributed by atoms with Crippen LogP contribution in [0.3, 0.4) is 0 Å². The van der Waals surface area contributed by atoms with Gasteiger partial charge in [-0.05, 0) is 171 Å². The third-order valence-electron chi connectivity index (χ3n) is 17.8. The van der Waals surface area contributed by atoms with Gasteiger partial charge in [-0.2, -0.15) is 0 Å². The zero-order chi connectivity index (χ0) is 30.3. The van der Waals surface area contributed by atoms with Crippen LogP contribution in [-0.4, -0.2) is 23.3 Å². The van der Waals surface area contributed by atoms with Gasteiger partial charge in [0.25, 0.3) is 0 Å². The minimum Gasteiger partial charge on any atom is -0.462 e. The van der Waals surface area contributed by atoms with E-state index in [1.807, 2.05) is 0 Å². The first kappa shape index (κ1) is 29.8. The van der Waals surface area contributed by atoms with Gasteiger partial charge in [-0.1, -0.05) is 54.4 Å². The van der Waals surface area contributed by atoms with Crippen molar-refractivity contribution in [3.63, 3.8) is 0 Å². The lowest BCUT2D eigenvalue weighted by atomic mass is 9.41. The van der Waals surface area contributed by atoms with Gasteiger partial charge >= 0.3 is 5.97 Å². The predicted octanol–water partition coefficient (Wildman–Crippen LogP) is 9.74.